The number of rotatable bonds is 2. The fraction of sp³-hybridized carbons (Fsp3) is 0.250. The van der Waals surface area contributed by atoms with Crippen LogP contribution < -0.4 is 5.73 Å². The summed E-state index contributed by atoms with van der Waals surface area (Å²) in [6, 6.07) is 23.9. The van der Waals surface area contributed by atoms with Crippen molar-refractivity contribution in [1.82, 2.24) is 0 Å². The molecule has 1 aliphatic rings. The summed E-state index contributed by atoms with van der Waals surface area (Å²) in [5.41, 5.74) is 15.0. The van der Waals surface area contributed by atoms with Gasteiger partial charge in [-0.15, -0.1) is 0 Å². The van der Waals surface area contributed by atoms with Gasteiger partial charge in [0, 0.05) is 16.5 Å². The Morgan fingerprint density at radius 1 is 0.760 bits per heavy atom. The van der Waals surface area contributed by atoms with Gasteiger partial charge in [0.25, 0.3) is 0 Å². The highest BCUT2D eigenvalue weighted by Gasteiger charge is 2.40. The van der Waals surface area contributed by atoms with Crippen LogP contribution in [0.25, 0.3) is 11.1 Å². The highest BCUT2D eigenvalue weighted by atomic mass is 14.5. The quantitative estimate of drug-likeness (QED) is 0.583. The fourth-order valence-electron chi connectivity index (χ4n) is 4.42. The number of nitrogen functional groups attached to an aromatic ring is 1. The van der Waals surface area contributed by atoms with Crippen LogP contribution in [0.2, 0.25) is 0 Å². The summed E-state index contributed by atoms with van der Waals surface area (Å²) in [5.74, 6) is 0. The van der Waals surface area contributed by atoms with Crippen molar-refractivity contribution in [2.45, 2.75) is 38.5 Å². The molecule has 0 aromatic heterocycles. The van der Waals surface area contributed by atoms with Crippen molar-refractivity contribution in [3.63, 3.8) is 0 Å². The molecule has 0 fully saturated rings. The Labute approximate surface area is 150 Å². The van der Waals surface area contributed by atoms with Crippen molar-refractivity contribution >= 4 is 5.69 Å². The molecule has 0 saturated heterocycles. The zero-order chi connectivity index (χ0) is 17.8. The third kappa shape index (κ3) is 2.22. The molecule has 126 valence electrons. The molecule has 0 aliphatic heterocycles. The third-order valence-electron chi connectivity index (χ3n) is 5.89. The lowest BCUT2D eigenvalue weighted by molar-refractivity contribution is 0.589. The van der Waals surface area contributed by atoms with Gasteiger partial charge in [0.15, 0.2) is 0 Å². The minimum Gasteiger partial charge on any atom is -0.399 e. The van der Waals surface area contributed by atoms with Gasteiger partial charge in [0.05, 0.1) is 0 Å². The van der Waals surface area contributed by atoms with Gasteiger partial charge in [-0.1, -0.05) is 82.3 Å². The van der Waals surface area contributed by atoms with Crippen LogP contribution >= 0.6 is 0 Å². The number of hydrogen-bond donors (Lipinski definition) is 1. The van der Waals surface area contributed by atoms with E-state index in [1.165, 1.54) is 33.4 Å². The molecule has 4 rings (SSSR count). The van der Waals surface area contributed by atoms with Crippen LogP contribution in [0.3, 0.4) is 0 Å². The molecule has 3 aromatic carbocycles. The molecule has 0 amide bonds. The summed E-state index contributed by atoms with van der Waals surface area (Å²) in [6.07, 6.45) is 0. The van der Waals surface area contributed by atoms with E-state index in [-0.39, 0.29) is 10.8 Å². The average Bonchev–Trinajstić information content (AvgIpc) is 2.84. The van der Waals surface area contributed by atoms with Gasteiger partial charge >= 0.3 is 0 Å². The maximum atomic E-state index is 5.90. The molecular formula is C24H25N. The van der Waals surface area contributed by atoms with Crippen LogP contribution in [0.15, 0.2) is 66.7 Å². The monoisotopic (exact) mass is 327 g/mol. The smallest absolute Gasteiger partial charge is 0.0314 e. The largest absolute Gasteiger partial charge is 0.399 e. The molecule has 0 unspecified atom stereocenters. The van der Waals surface area contributed by atoms with E-state index >= 15 is 0 Å². The number of benzene rings is 3. The Morgan fingerprint density at radius 2 is 1.40 bits per heavy atom. The molecule has 0 bridgehead atoms. The predicted octanol–water partition coefficient (Wildman–Crippen LogP) is 5.90. The van der Waals surface area contributed by atoms with Crippen LogP contribution in [0.1, 0.15) is 49.9 Å². The molecule has 1 aliphatic carbocycles. The van der Waals surface area contributed by atoms with Crippen molar-refractivity contribution in [2.24, 2.45) is 0 Å². The van der Waals surface area contributed by atoms with Crippen LogP contribution in [-0.2, 0) is 10.8 Å². The van der Waals surface area contributed by atoms with E-state index in [2.05, 4.69) is 82.3 Å². The first kappa shape index (κ1) is 16.0. The molecule has 1 heteroatoms. The van der Waals surface area contributed by atoms with E-state index in [1.807, 2.05) is 12.1 Å². The van der Waals surface area contributed by atoms with E-state index in [1.54, 1.807) is 0 Å². The summed E-state index contributed by atoms with van der Waals surface area (Å²) in [5, 5.41) is 0. The Balaban J connectivity index is 1.97. The second-order valence-electron chi connectivity index (χ2n) is 8.15. The van der Waals surface area contributed by atoms with Gasteiger partial charge in [0.2, 0.25) is 0 Å². The number of nitrogens with two attached hydrogens (primary N) is 1. The van der Waals surface area contributed by atoms with Gasteiger partial charge in [-0.3, -0.25) is 0 Å². The van der Waals surface area contributed by atoms with E-state index < -0.39 is 0 Å². The van der Waals surface area contributed by atoms with Gasteiger partial charge in [0.1, 0.15) is 0 Å². The topological polar surface area (TPSA) is 26.0 Å². The first-order valence-corrected chi connectivity index (χ1v) is 8.93. The lowest BCUT2D eigenvalue weighted by atomic mass is 9.70. The van der Waals surface area contributed by atoms with Crippen molar-refractivity contribution < 1.29 is 0 Å². The summed E-state index contributed by atoms with van der Waals surface area (Å²) >= 11 is 0. The second kappa shape index (κ2) is 5.23. The summed E-state index contributed by atoms with van der Waals surface area (Å²) in [6.45, 7) is 9.32. The van der Waals surface area contributed by atoms with E-state index in [0.29, 0.717) is 0 Å². The van der Waals surface area contributed by atoms with Gasteiger partial charge in [-0.2, -0.15) is 0 Å². The lowest BCUT2D eigenvalue weighted by Crippen LogP contribution is -2.26. The van der Waals surface area contributed by atoms with Gasteiger partial charge in [-0.25, -0.2) is 0 Å². The molecule has 2 N–H and O–H groups in total. The zero-order valence-corrected chi connectivity index (χ0v) is 15.4. The average molecular weight is 327 g/mol. The lowest BCUT2D eigenvalue weighted by Gasteiger charge is -2.33. The maximum absolute atomic E-state index is 5.90. The Kier molecular flexibility index (Phi) is 3.34. The normalized spacial score (nSPS) is 14.9. The molecule has 0 spiro atoms. The predicted molar refractivity (Wildman–Crippen MR) is 107 cm³/mol. The minimum atomic E-state index is -0.0850. The van der Waals surface area contributed by atoms with Crippen molar-refractivity contribution in [3.05, 3.63) is 89.0 Å². The Morgan fingerprint density at radius 3 is 2.12 bits per heavy atom. The van der Waals surface area contributed by atoms with E-state index in [0.717, 1.165) is 5.69 Å². The molecule has 0 radical (unpaired) electrons. The van der Waals surface area contributed by atoms with E-state index in [9.17, 15) is 0 Å². The molecule has 0 atom stereocenters. The van der Waals surface area contributed by atoms with Gasteiger partial charge in [-0.05, 0) is 45.5 Å². The summed E-state index contributed by atoms with van der Waals surface area (Å²) in [4.78, 5) is 0. The zero-order valence-electron chi connectivity index (χ0n) is 15.4. The second-order valence-corrected chi connectivity index (χ2v) is 8.15. The van der Waals surface area contributed by atoms with Crippen molar-refractivity contribution in [1.29, 1.82) is 0 Å². The molecule has 1 nitrogen and oxygen atoms in total. The molecule has 0 saturated carbocycles. The first-order valence-electron chi connectivity index (χ1n) is 8.93. The van der Waals surface area contributed by atoms with Crippen LogP contribution in [-0.4, -0.2) is 0 Å². The molecular weight excluding hydrogens is 302 g/mol. The third-order valence-corrected chi connectivity index (χ3v) is 5.89. The van der Waals surface area contributed by atoms with Crippen LogP contribution in [0.4, 0.5) is 5.69 Å². The number of anilines is 1. The maximum Gasteiger partial charge on any atom is 0.0314 e. The van der Waals surface area contributed by atoms with Crippen LogP contribution in [0.5, 0.6) is 0 Å². The Hall–Kier alpha value is -2.54. The molecule has 3 aromatic rings. The highest BCUT2D eigenvalue weighted by molar-refractivity contribution is 5.82. The van der Waals surface area contributed by atoms with E-state index in [4.69, 9.17) is 5.73 Å². The highest BCUT2D eigenvalue weighted by Crippen LogP contribution is 2.52. The van der Waals surface area contributed by atoms with Crippen LogP contribution in [0, 0.1) is 0 Å². The number of fused-ring (bicyclic) bond motifs is 3. The minimum absolute atomic E-state index is 0.00754. The summed E-state index contributed by atoms with van der Waals surface area (Å²) in [7, 11) is 0. The standard InChI is InChI=1S/C24H25N/c1-23(2,16-12-14-17(25)15-13-16)21-11-7-9-19-18-8-5-6-10-20(18)24(3,4)22(19)21/h5-15H,25H2,1-4H3. The van der Waals surface area contributed by atoms with Gasteiger partial charge < -0.3 is 5.73 Å². The molecule has 25 heavy (non-hydrogen) atoms. The summed E-state index contributed by atoms with van der Waals surface area (Å²) < 4.78 is 0. The molecule has 0 heterocycles. The number of hydrogen-bond acceptors (Lipinski definition) is 1. The first-order chi connectivity index (χ1) is 11.8. The van der Waals surface area contributed by atoms with Crippen molar-refractivity contribution in [2.75, 3.05) is 5.73 Å². The fourth-order valence-corrected chi connectivity index (χ4v) is 4.42. The Bertz CT molecular complexity index is 946. The SMILES string of the molecule is CC(C)(c1ccc(N)cc1)c1cccc2c1C(C)(C)c1ccccc1-2. The van der Waals surface area contributed by atoms with Crippen molar-refractivity contribution in [3.8, 4) is 11.1 Å².